The lowest BCUT2D eigenvalue weighted by atomic mass is 9.94. The first-order chi connectivity index (χ1) is 26.0. The van der Waals surface area contributed by atoms with E-state index in [1.54, 1.807) is 18.2 Å². The molecule has 0 saturated heterocycles. The highest BCUT2D eigenvalue weighted by Gasteiger charge is 2.33. The molecule has 1 atom stereocenters. The third-order valence-corrected chi connectivity index (χ3v) is 10.5. The molecule has 12 heteroatoms. The van der Waals surface area contributed by atoms with Crippen LogP contribution in [0.2, 0.25) is 0 Å². The summed E-state index contributed by atoms with van der Waals surface area (Å²) in [4.78, 5) is 31.0. The quantitative estimate of drug-likeness (QED) is 0.0671. The van der Waals surface area contributed by atoms with Crippen LogP contribution >= 0.6 is 11.3 Å². The summed E-state index contributed by atoms with van der Waals surface area (Å²) in [6, 6.07) is 25.4. The number of fused-ring (bicyclic) bond motifs is 3. The summed E-state index contributed by atoms with van der Waals surface area (Å²) in [6.45, 7) is 4.49. The van der Waals surface area contributed by atoms with Gasteiger partial charge in [-0.25, -0.2) is 0 Å². The molecule has 11 nitrogen and oxygen atoms in total. The number of aromatic amines is 1. The second-order valence-electron chi connectivity index (χ2n) is 13.1. The Bertz CT molecular complexity index is 2190. The monoisotopic (exact) mass is 735 g/mol. The fraction of sp³-hybridized carbons (Fsp3) is 0.317. The van der Waals surface area contributed by atoms with Gasteiger partial charge in [0.1, 0.15) is 5.75 Å². The van der Waals surface area contributed by atoms with Crippen molar-refractivity contribution in [3.63, 3.8) is 0 Å². The van der Waals surface area contributed by atoms with Crippen molar-refractivity contribution in [1.29, 1.82) is 0 Å². The highest BCUT2D eigenvalue weighted by atomic mass is 32.1. The van der Waals surface area contributed by atoms with Gasteiger partial charge in [-0.1, -0.05) is 30.3 Å². The van der Waals surface area contributed by atoms with Gasteiger partial charge < -0.3 is 45.2 Å². The zero-order valence-corrected chi connectivity index (χ0v) is 30.4. The van der Waals surface area contributed by atoms with Crippen molar-refractivity contribution < 1.29 is 28.9 Å². The molecule has 0 saturated carbocycles. The minimum Gasteiger partial charge on any atom is -0.508 e. The van der Waals surface area contributed by atoms with Crippen molar-refractivity contribution in [2.24, 2.45) is 5.73 Å². The molecule has 0 radical (unpaired) electrons. The van der Waals surface area contributed by atoms with Crippen LogP contribution in [-0.4, -0.2) is 79.2 Å². The average molecular weight is 736 g/mol. The van der Waals surface area contributed by atoms with Gasteiger partial charge in [0.15, 0.2) is 0 Å². The van der Waals surface area contributed by atoms with Crippen molar-refractivity contribution in [2.45, 2.75) is 31.8 Å². The summed E-state index contributed by atoms with van der Waals surface area (Å²) in [5, 5.41) is 18.6. The van der Waals surface area contributed by atoms with Crippen LogP contribution < -0.4 is 16.4 Å². The molecule has 53 heavy (non-hydrogen) atoms. The zero-order valence-electron chi connectivity index (χ0n) is 29.6. The van der Waals surface area contributed by atoms with E-state index in [2.05, 4.69) is 62.8 Å². The summed E-state index contributed by atoms with van der Waals surface area (Å²) in [5.41, 5.74) is 12.4. The first-order valence-electron chi connectivity index (χ1n) is 18.1. The Balaban J connectivity index is 0.933. The fourth-order valence-corrected chi connectivity index (χ4v) is 7.87. The lowest BCUT2D eigenvalue weighted by Crippen LogP contribution is -2.27. The number of nitrogens with zero attached hydrogens (tertiary/aromatic N) is 1. The molecule has 1 aliphatic rings. The van der Waals surface area contributed by atoms with E-state index < -0.39 is 0 Å². The second kappa shape index (κ2) is 17.2. The minimum absolute atomic E-state index is 0.103. The molecule has 3 aromatic heterocycles. The number of phenols is 1. The third-order valence-electron chi connectivity index (χ3n) is 9.46. The minimum atomic E-state index is -0.331. The maximum Gasteiger partial charge on any atom is 0.261 e. The van der Waals surface area contributed by atoms with Gasteiger partial charge in [0.25, 0.3) is 11.8 Å². The van der Waals surface area contributed by atoms with Gasteiger partial charge in [0.2, 0.25) is 0 Å². The van der Waals surface area contributed by atoms with Crippen molar-refractivity contribution in [1.82, 2.24) is 20.2 Å². The Kier molecular flexibility index (Phi) is 11.8. The third kappa shape index (κ3) is 8.64. The second-order valence-corrected chi connectivity index (χ2v) is 14.2. The summed E-state index contributed by atoms with van der Waals surface area (Å²) >= 11 is 1.50. The molecule has 0 spiro atoms. The smallest absolute Gasteiger partial charge is 0.261 e. The van der Waals surface area contributed by atoms with E-state index in [9.17, 15) is 14.7 Å². The number of nitrogens with two attached hydrogens (primary N) is 1. The largest absolute Gasteiger partial charge is 0.508 e. The van der Waals surface area contributed by atoms with Gasteiger partial charge in [-0.15, -0.1) is 11.3 Å². The average Bonchev–Trinajstić information content (AvgIpc) is 3.95. The standard InChI is InChI=1S/C41H45N5O6S/c42-15-18-50-20-22-52-23-21-51-19-16-43-41(49)37-13-11-30(53-37)26-46-17-14-28-9-8-27(24-36(28)46)4-3-7-35-38(32-5-1-2-6-34(32)44-35)39-33-25-29(47)10-12-31(33)40(48)45-39/h1-2,5-6,8-14,17,24-25,39,44,47H,3-4,7,15-16,18-23,26,42H2,(H,43,49)(H,45,48). The Morgan fingerprint density at radius 3 is 2.57 bits per heavy atom. The van der Waals surface area contributed by atoms with Crippen LogP contribution in [0.4, 0.5) is 0 Å². The number of carbonyl (C=O) groups is 2. The maximum atomic E-state index is 12.9. The lowest BCUT2D eigenvalue weighted by molar-refractivity contribution is 0.0166. The van der Waals surface area contributed by atoms with E-state index in [1.807, 2.05) is 24.3 Å². The van der Waals surface area contributed by atoms with Crippen LogP contribution in [0.5, 0.6) is 5.75 Å². The van der Waals surface area contributed by atoms with Crippen LogP contribution in [-0.2, 0) is 33.6 Å². The predicted octanol–water partition coefficient (Wildman–Crippen LogP) is 5.68. The molecular formula is C41H45N5O6S. The molecule has 1 unspecified atom stereocenters. The first-order valence-corrected chi connectivity index (χ1v) is 18.9. The molecule has 3 aromatic carbocycles. The van der Waals surface area contributed by atoms with Gasteiger partial charge in [-0.3, -0.25) is 9.59 Å². The number of nitrogens with one attached hydrogen (secondary N) is 3. The molecule has 0 fully saturated rings. The van der Waals surface area contributed by atoms with E-state index in [-0.39, 0.29) is 23.6 Å². The zero-order chi connectivity index (χ0) is 36.6. The van der Waals surface area contributed by atoms with Crippen molar-refractivity contribution in [2.75, 3.05) is 52.7 Å². The number of benzene rings is 3. The number of carbonyl (C=O) groups excluding carboxylic acids is 2. The Labute approximate surface area is 312 Å². The van der Waals surface area contributed by atoms with E-state index in [1.165, 1.54) is 22.3 Å². The number of ether oxygens (including phenoxy) is 3. The van der Waals surface area contributed by atoms with Crippen LogP contribution in [0.25, 0.3) is 21.8 Å². The molecular weight excluding hydrogens is 691 g/mol. The number of rotatable bonds is 19. The Hall–Kier alpha value is -4.98. The van der Waals surface area contributed by atoms with Crippen LogP contribution in [0.3, 0.4) is 0 Å². The molecule has 6 aromatic rings. The van der Waals surface area contributed by atoms with E-state index in [0.717, 1.165) is 57.4 Å². The van der Waals surface area contributed by atoms with Gasteiger partial charge in [0, 0.05) is 57.4 Å². The summed E-state index contributed by atoms with van der Waals surface area (Å²) in [5.74, 6) is -0.0811. The lowest BCUT2D eigenvalue weighted by Gasteiger charge is -2.15. The summed E-state index contributed by atoms with van der Waals surface area (Å²) in [7, 11) is 0. The number of hydrogen-bond acceptors (Lipinski definition) is 8. The molecule has 2 amide bonds. The predicted molar refractivity (Wildman–Crippen MR) is 207 cm³/mol. The highest BCUT2D eigenvalue weighted by Crippen LogP contribution is 2.39. The number of aromatic nitrogens is 2. The maximum absolute atomic E-state index is 12.9. The van der Waals surface area contributed by atoms with Gasteiger partial charge in [0.05, 0.1) is 57.1 Å². The number of amides is 2. The molecule has 1 aliphatic heterocycles. The number of hydrogen-bond donors (Lipinski definition) is 5. The normalized spacial score (nSPS) is 13.9. The SMILES string of the molecule is NCCOCCOCCOCCNC(=O)c1ccc(Cn2ccc3ccc(CCCc4[nH]c5ccccc5c4C4NC(=O)c5ccc(O)cc54)cc32)s1. The van der Waals surface area contributed by atoms with Crippen molar-refractivity contribution in [3.05, 3.63) is 123 Å². The number of para-hydroxylation sites is 1. The van der Waals surface area contributed by atoms with Crippen LogP contribution in [0.1, 0.15) is 59.8 Å². The Morgan fingerprint density at radius 1 is 0.906 bits per heavy atom. The fourth-order valence-electron chi connectivity index (χ4n) is 6.95. The van der Waals surface area contributed by atoms with E-state index >= 15 is 0 Å². The summed E-state index contributed by atoms with van der Waals surface area (Å²) in [6.07, 6.45) is 4.70. The van der Waals surface area contributed by atoms with Gasteiger partial charge >= 0.3 is 0 Å². The van der Waals surface area contributed by atoms with Crippen molar-refractivity contribution >= 4 is 45.0 Å². The molecule has 4 heterocycles. The number of phenolic OH excluding ortho intramolecular Hbond substituents is 1. The first kappa shape index (κ1) is 36.4. The molecule has 7 rings (SSSR count). The van der Waals surface area contributed by atoms with Gasteiger partial charge in [-0.05, 0) is 84.3 Å². The van der Waals surface area contributed by atoms with Crippen molar-refractivity contribution in [3.8, 4) is 5.75 Å². The molecule has 276 valence electrons. The van der Waals surface area contributed by atoms with E-state index in [4.69, 9.17) is 19.9 Å². The number of aromatic hydroxyl groups is 1. The Morgan fingerprint density at radius 2 is 1.72 bits per heavy atom. The molecule has 6 N–H and O–H groups in total. The molecule has 0 bridgehead atoms. The topological polar surface area (TPSA) is 153 Å². The number of thiophene rings is 1. The highest BCUT2D eigenvalue weighted by molar-refractivity contribution is 7.14. The number of aryl methyl sites for hydroxylation is 2. The summed E-state index contributed by atoms with van der Waals surface area (Å²) < 4.78 is 18.5. The van der Waals surface area contributed by atoms with Crippen LogP contribution in [0, 0.1) is 0 Å². The molecule has 0 aliphatic carbocycles. The van der Waals surface area contributed by atoms with E-state index in [0.29, 0.717) is 69.7 Å². The van der Waals surface area contributed by atoms with Gasteiger partial charge in [-0.2, -0.15) is 0 Å². The van der Waals surface area contributed by atoms with Crippen LogP contribution in [0.15, 0.2) is 85.1 Å². The number of H-pyrrole nitrogens is 1.